The van der Waals surface area contributed by atoms with Gasteiger partial charge in [-0.3, -0.25) is 4.79 Å². The van der Waals surface area contributed by atoms with E-state index in [4.69, 9.17) is 5.73 Å². The third kappa shape index (κ3) is 1.92. The Morgan fingerprint density at radius 2 is 2.20 bits per heavy atom. The predicted octanol–water partition coefficient (Wildman–Crippen LogP) is 1.63. The topological polar surface area (TPSA) is 58.9 Å². The van der Waals surface area contributed by atoms with Gasteiger partial charge in [0.15, 0.2) is 0 Å². The first-order valence-electron chi connectivity index (χ1n) is 4.99. The number of hydrogen-bond donors (Lipinski definition) is 2. The second-order valence-corrected chi connectivity index (χ2v) is 3.78. The summed E-state index contributed by atoms with van der Waals surface area (Å²) in [5.41, 5.74) is 7.93. The molecule has 1 heterocycles. The van der Waals surface area contributed by atoms with Crippen LogP contribution in [0, 0.1) is 0 Å². The van der Waals surface area contributed by atoms with Crippen LogP contribution in [0.4, 0.5) is 0 Å². The molecule has 2 aromatic rings. The Bertz CT molecular complexity index is 487. The molecule has 1 atom stereocenters. The molecule has 0 saturated carbocycles. The summed E-state index contributed by atoms with van der Waals surface area (Å²) in [6.07, 6.45) is 2.52. The molecule has 2 rings (SSSR count). The lowest BCUT2D eigenvalue weighted by Crippen LogP contribution is -2.30. The molecule has 1 aromatic carbocycles. The number of nitrogens with two attached hydrogens (primary N) is 1. The summed E-state index contributed by atoms with van der Waals surface area (Å²) in [6.45, 7) is 1.53. The van der Waals surface area contributed by atoms with E-state index in [2.05, 4.69) is 4.98 Å². The molecule has 0 unspecified atom stereocenters. The standard InChI is InChI=1S/C12H14N2O/c1-8(15)11(13)6-9-7-14-12-5-3-2-4-10(9)12/h2-5,7,11,14H,6,13H2,1H3/t11-/m1/s1. The summed E-state index contributed by atoms with van der Waals surface area (Å²) in [5, 5.41) is 1.15. The van der Waals surface area contributed by atoms with Gasteiger partial charge < -0.3 is 10.7 Å². The fraction of sp³-hybridized carbons (Fsp3) is 0.250. The fourth-order valence-electron chi connectivity index (χ4n) is 1.68. The summed E-state index contributed by atoms with van der Waals surface area (Å²) in [7, 11) is 0. The molecule has 0 aliphatic heterocycles. The van der Waals surface area contributed by atoms with E-state index in [1.54, 1.807) is 0 Å². The Morgan fingerprint density at radius 1 is 1.47 bits per heavy atom. The highest BCUT2D eigenvalue weighted by Crippen LogP contribution is 2.18. The van der Waals surface area contributed by atoms with Gasteiger partial charge in [0.25, 0.3) is 0 Å². The average molecular weight is 202 g/mol. The van der Waals surface area contributed by atoms with E-state index >= 15 is 0 Å². The number of rotatable bonds is 3. The van der Waals surface area contributed by atoms with Gasteiger partial charge >= 0.3 is 0 Å². The number of carbonyl (C=O) groups is 1. The Morgan fingerprint density at radius 3 is 2.93 bits per heavy atom. The van der Waals surface area contributed by atoms with Gasteiger partial charge in [0.1, 0.15) is 5.78 Å². The highest BCUT2D eigenvalue weighted by atomic mass is 16.1. The molecule has 1 aromatic heterocycles. The average Bonchev–Trinajstić information content (AvgIpc) is 2.62. The van der Waals surface area contributed by atoms with Crippen LogP contribution in [0.3, 0.4) is 0 Å². The van der Waals surface area contributed by atoms with Gasteiger partial charge in [0.05, 0.1) is 6.04 Å². The summed E-state index contributed by atoms with van der Waals surface area (Å²) < 4.78 is 0. The third-order valence-corrected chi connectivity index (χ3v) is 2.64. The van der Waals surface area contributed by atoms with Crippen molar-refractivity contribution in [1.29, 1.82) is 0 Å². The van der Waals surface area contributed by atoms with Gasteiger partial charge in [-0.1, -0.05) is 18.2 Å². The van der Waals surface area contributed by atoms with Crippen LogP contribution in [-0.4, -0.2) is 16.8 Å². The number of fused-ring (bicyclic) bond motifs is 1. The van der Waals surface area contributed by atoms with Crippen molar-refractivity contribution in [3.63, 3.8) is 0 Å². The molecule has 15 heavy (non-hydrogen) atoms. The zero-order chi connectivity index (χ0) is 10.8. The molecule has 0 aliphatic carbocycles. The van der Waals surface area contributed by atoms with Crippen LogP contribution in [0.2, 0.25) is 0 Å². The second-order valence-electron chi connectivity index (χ2n) is 3.78. The number of carbonyl (C=O) groups excluding carboxylic acids is 1. The third-order valence-electron chi connectivity index (χ3n) is 2.64. The smallest absolute Gasteiger partial charge is 0.146 e. The number of nitrogens with one attached hydrogen (secondary N) is 1. The van der Waals surface area contributed by atoms with Crippen molar-refractivity contribution in [3.05, 3.63) is 36.0 Å². The largest absolute Gasteiger partial charge is 0.361 e. The maximum absolute atomic E-state index is 11.1. The van der Waals surface area contributed by atoms with Crippen molar-refractivity contribution >= 4 is 16.7 Å². The van der Waals surface area contributed by atoms with E-state index in [1.807, 2.05) is 30.5 Å². The van der Waals surface area contributed by atoms with Crippen molar-refractivity contribution in [2.45, 2.75) is 19.4 Å². The number of hydrogen-bond acceptors (Lipinski definition) is 2. The van der Waals surface area contributed by atoms with Crippen LogP contribution in [0.15, 0.2) is 30.5 Å². The van der Waals surface area contributed by atoms with Gasteiger partial charge in [-0.15, -0.1) is 0 Å². The van der Waals surface area contributed by atoms with Gasteiger partial charge in [-0.25, -0.2) is 0 Å². The van der Waals surface area contributed by atoms with E-state index in [9.17, 15) is 4.79 Å². The number of Topliss-reactive ketones (excluding diaryl/α,β-unsaturated/α-hetero) is 1. The minimum atomic E-state index is -0.399. The van der Waals surface area contributed by atoms with Crippen molar-refractivity contribution < 1.29 is 4.79 Å². The molecule has 3 nitrogen and oxygen atoms in total. The lowest BCUT2D eigenvalue weighted by molar-refractivity contribution is -0.118. The molecular weight excluding hydrogens is 188 g/mol. The minimum absolute atomic E-state index is 0.0280. The van der Waals surface area contributed by atoms with Gasteiger partial charge in [0, 0.05) is 17.1 Å². The Balaban J connectivity index is 2.32. The number of H-pyrrole nitrogens is 1. The van der Waals surface area contributed by atoms with Crippen LogP contribution in [-0.2, 0) is 11.2 Å². The Labute approximate surface area is 88.3 Å². The first kappa shape index (κ1) is 9.93. The molecule has 3 heteroatoms. The molecular formula is C12H14N2O. The van der Waals surface area contributed by atoms with E-state index in [0.717, 1.165) is 16.5 Å². The highest BCUT2D eigenvalue weighted by molar-refractivity contribution is 5.85. The zero-order valence-electron chi connectivity index (χ0n) is 8.66. The van der Waals surface area contributed by atoms with Crippen molar-refractivity contribution in [2.75, 3.05) is 0 Å². The summed E-state index contributed by atoms with van der Waals surface area (Å²) >= 11 is 0. The van der Waals surface area contributed by atoms with E-state index in [0.29, 0.717) is 6.42 Å². The molecule has 0 saturated heterocycles. The molecule has 0 amide bonds. The minimum Gasteiger partial charge on any atom is -0.361 e. The number of benzene rings is 1. The van der Waals surface area contributed by atoms with Crippen molar-refractivity contribution in [1.82, 2.24) is 4.98 Å². The second kappa shape index (κ2) is 3.87. The maximum Gasteiger partial charge on any atom is 0.146 e. The predicted molar refractivity (Wildman–Crippen MR) is 60.7 cm³/mol. The molecule has 0 fully saturated rings. The quantitative estimate of drug-likeness (QED) is 0.794. The first-order valence-corrected chi connectivity index (χ1v) is 4.99. The fourth-order valence-corrected chi connectivity index (χ4v) is 1.68. The normalized spacial score (nSPS) is 12.9. The van der Waals surface area contributed by atoms with Gasteiger partial charge in [-0.05, 0) is 25.0 Å². The zero-order valence-corrected chi connectivity index (χ0v) is 8.66. The monoisotopic (exact) mass is 202 g/mol. The molecule has 3 N–H and O–H groups in total. The van der Waals surface area contributed by atoms with Crippen LogP contribution in [0.5, 0.6) is 0 Å². The molecule has 0 aliphatic rings. The Hall–Kier alpha value is -1.61. The number of ketones is 1. The van der Waals surface area contributed by atoms with Crippen LogP contribution in [0.1, 0.15) is 12.5 Å². The number of para-hydroxylation sites is 1. The molecule has 0 radical (unpaired) electrons. The van der Waals surface area contributed by atoms with Crippen LogP contribution >= 0.6 is 0 Å². The van der Waals surface area contributed by atoms with Crippen molar-refractivity contribution in [3.8, 4) is 0 Å². The summed E-state index contributed by atoms with van der Waals surface area (Å²) in [4.78, 5) is 14.2. The lowest BCUT2D eigenvalue weighted by Gasteiger charge is -2.05. The highest BCUT2D eigenvalue weighted by Gasteiger charge is 2.11. The molecule has 0 spiro atoms. The van der Waals surface area contributed by atoms with Gasteiger partial charge in [-0.2, -0.15) is 0 Å². The van der Waals surface area contributed by atoms with Crippen molar-refractivity contribution in [2.24, 2.45) is 5.73 Å². The number of aromatic amines is 1. The maximum atomic E-state index is 11.1. The van der Waals surface area contributed by atoms with E-state index in [-0.39, 0.29) is 5.78 Å². The lowest BCUT2D eigenvalue weighted by atomic mass is 10.0. The van der Waals surface area contributed by atoms with Crippen LogP contribution < -0.4 is 5.73 Å². The van der Waals surface area contributed by atoms with E-state index < -0.39 is 6.04 Å². The SMILES string of the molecule is CC(=O)[C@H](N)Cc1c[nH]c2ccccc12. The van der Waals surface area contributed by atoms with Crippen LogP contribution in [0.25, 0.3) is 10.9 Å². The number of aromatic nitrogens is 1. The molecule has 0 bridgehead atoms. The molecule has 78 valence electrons. The van der Waals surface area contributed by atoms with Gasteiger partial charge in [0.2, 0.25) is 0 Å². The summed E-state index contributed by atoms with van der Waals surface area (Å²) in [6, 6.07) is 7.61. The van der Waals surface area contributed by atoms with E-state index in [1.165, 1.54) is 6.92 Å². The summed E-state index contributed by atoms with van der Waals surface area (Å²) in [5.74, 6) is 0.0280. The Kier molecular flexibility index (Phi) is 2.56. The first-order chi connectivity index (χ1) is 7.18.